The lowest BCUT2D eigenvalue weighted by Crippen LogP contribution is -2.16. The fraction of sp³-hybridized carbons (Fsp3) is 0.467. The monoisotopic (exact) mass is 289 g/mol. The minimum absolute atomic E-state index is 0.312. The van der Waals surface area contributed by atoms with Crippen LogP contribution in [0.1, 0.15) is 29.8 Å². The zero-order valence-electron chi connectivity index (χ0n) is 12.3. The fourth-order valence-electron chi connectivity index (χ4n) is 2.09. The number of benzene rings is 1. The van der Waals surface area contributed by atoms with Crippen molar-refractivity contribution in [3.8, 4) is 11.5 Å². The lowest BCUT2D eigenvalue weighted by atomic mass is 10.2. The highest BCUT2D eigenvalue weighted by atomic mass is 16.6. The molecule has 6 heteroatoms. The van der Waals surface area contributed by atoms with E-state index < -0.39 is 0 Å². The van der Waals surface area contributed by atoms with Crippen LogP contribution in [0, 0.1) is 6.92 Å². The Balaban J connectivity index is 1.75. The minimum atomic E-state index is 0.312. The van der Waals surface area contributed by atoms with Crippen LogP contribution in [0.5, 0.6) is 11.5 Å². The van der Waals surface area contributed by atoms with Gasteiger partial charge in [-0.05, 0) is 25.8 Å². The molecule has 0 aliphatic heterocycles. The fourth-order valence-corrected chi connectivity index (χ4v) is 2.09. The topological polar surface area (TPSA) is 69.4 Å². The molecule has 1 aliphatic carbocycles. The van der Waals surface area contributed by atoms with Crippen molar-refractivity contribution in [2.75, 3.05) is 7.11 Å². The Morgan fingerprint density at radius 2 is 2.19 bits per heavy atom. The van der Waals surface area contributed by atoms with E-state index in [4.69, 9.17) is 9.47 Å². The summed E-state index contributed by atoms with van der Waals surface area (Å²) in [6, 6.07) is 6.55. The van der Waals surface area contributed by atoms with E-state index in [2.05, 4.69) is 20.3 Å². The van der Waals surface area contributed by atoms with E-state index in [1.165, 1.54) is 12.8 Å². The standard InChI is InChI=1S/C15H19N3O3/c1-10-13(18-21-17-10)9-20-15-11(8-16-12-6-7-12)4-3-5-14(15)19-2/h3-5,12,16H,6-9H2,1-2H3. The van der Waals surface area contributed by atoms with Crippen molar-refractivity contribution in [2.45, 2.75) is 39.0 Å². The summed E-state index contributed by atoms with van der Waals surface area (Å²) < 4.78 is 16.0. The molecule has 2 aromatic rings. The van der Waals surface area contributed by atoms with Gasteiger partial charge in [0.15, 0.2) is 11.5 Å². The van der Waals surface area contributed by atoms with Gasteiger partial charge in [0.25, 0.3) is 0 Å². The highest BCUT2D eigenvalue weighted by Crippen LogP contribution is 2.32. The molecule has 0 bridgehead atoms. The summed E-state index contributed by atoms with van der Waals surface area (Å²) in [5.74, 6) is 1.47. The molecule has 1 saturated carbocycles. The lowest BCUT2D eigenvalue weighted by Gasteiger charge is -2.15. The summed E-state index contributed by atoms with van der Waals surface area (Å²) in [6.45, 7) is 2.92. The molecule has 1 N–H and O–H groups in total. The molecule has 0 amide bonds. The van der Waals surface area contributed by atoms with Gasteiger partial charge in [0.2, 0.25) is 0 Å². The van der Waals surface area contributed by atoms with Gasteiger partial charge in [0, 0.05) is 18.2 Å². The average molecular weight is 289 g/mol. The molecule has 1 heterocycles. The number of ether oxygens (including phenoxy) is 2. The number of rotatable bonds is 7. The maximum Gasteiger partial charge on any atom is 0.166 e. The average Bonchev–Trinajstić information content (AvgIpc) is 3.25. The van der Waals surface area contributed by atoms with Gasteiger partial charge >= 0.3 is 0 Å². The van der Waals surface area contributed by atoms with Gasteiger partial charge < -0.3 is 14.8 Å². The van der Waals surface area contributed by atoms with E-state index >= 15 is 0 Å². The summed E-state index contributed by atoms with van der Waals surface area (Å²) >= 11 is 0. The smallest absolute Gasteiger partial charge is 0.166 e. The lowest BCUT2D eigenvalue weighted by molar-refractivity contribution is 0.258. The Morgan fingerprint density at radius 3 is 2.86 bits per heavy atom. The van der Waals surface area contributed by atoms with E-state index in [1.807, 2.05) is 25.1 Å². The van der Waals surface area contributed by atoms with E-state index in [-0.39, 0.29) is 0 Å². The van der Waals surface area contributed by atoms with Crippen molar-refractivity contribution >= 4 is 0 Å². The van der Waals surface area contributed by atoms with Crippen molar-refractivity contribution < 1.29 is 14.1 Å². The summed E-state index contributed by atoms with van der Waals surface area (Å²) in [4.78, 5) is 0. The molecule has 1 aromatic heterocycles. The van der Waals surface area contributed by atoms with Crippen LogP contribution >= 0.6 is 0 Å². The molecule has 1 fully saturated rings. The van der Waals surface area contributed by atoms with Gasteiger partial charge in [0.05, 0.1) is 7.11 Å². The van der Waals surface area contributed by atoms with Crippen molar-refractivity contribution in [1.29, 1.82) is 0 Å². The Bertz CT molecular complexity index is 608. The van der Waals surface area contributed by atoms with Gasteiger partial charge in [-0.2, -0.15) is 0 Å². The Morgan fingerprint density at radius 1 is 1.33 bits per heavy atom. The van der Waals surface area contributed by atoms with Crippen LogP contribution < -0.4 is 14.8 Å². The first kappa shape index (κ1) is 13.9. The predicted octanol–water partition coefficient (Wildman–Crippen LogP) is 2.22. The molecule has 0 radical (unpaired) electrons. The van der Waals surface area contributed by atoms with Crippen LogP contribution in [0.3, 0.4) is 0 Å². The zero-order valence-corrected chi connectivity index (χ0v) is 12.3. The second-order valence-corrected chi connectivity index (χ2v) is 5.19. The molecule has 112 valence electrons. The third kappa shape index (κ3) is 3.33. The van der Waals surface area contributed by atoms with Crippen molar-refractivity contribution in [2.24, 2.45) is 0 Å². The summed E-state index contributed by atoms with van der Waals surface area (Å²) in [7, 11) is 1.64. The Hall–Kier alpha value is -2.08. The number of nitrogens with zero attached hydrogens (tertiary/aromatic N) is 2. The molecule has 6 nitrogen and oxygen atoms in total. The van der Waals surface area contributed by atoms with E-state index in [0.717, 1.165) is 29.3 Å². The molecule has 1 aromatic carbocycles. The summed E-state index contributed by atoms with van der Waals surface area (Å²) in [6.07, 6.45) is 2.51. The molecule has 3 rings (SSSR count). The second-order valence-electron chi connectivity index (χ2n) is 5.19. The van der Waals surface area contributed by atoms with Gasteiger partial charge in [-0.1, -0.05) is 22.4 Å². The molecule has 0 atom stereocenters. The molecule has 21 heavy (non-hydrogen) atoms. The second kappa shape index (κ2) is 6.13. The molecular weight excluding hydrogens is 270 g/mol. The number of aromatic nitrogens is 2. The molecule has 0 unspecified atom stereocenters. The number of nitrogens with one attached hydrogen (secondary N) is 1. The zero-order chi connectivity index (χ0) is 14.7. The highest BCUT2D eigenvalue weighted by molar-refractivity contribution is 5.46. The Kier molecular flexibility index (Phi) is 4.06. The maximum atomic E-state index is 5.91. The van der Waals surface area contributed by atoms with Crippen LogP contribution in [0.4, 0.5) is 0 Å². The molecular formula is C15H19N3O3. The number of hydrogen-bond acceptors (Lipinski definition) is 6. The quantitative estimate of drug-likeness (QED) is 0.843. The largest absolute Gasteiger partial charge is 0.493 e. The number of methoxy groups -OCH3 is 1. The normalized spacial score (nSPS) is 14.2. The van der Waals surface area contributed by atoms with Crippen molar-refractivity contribution in [3.63, 3.8) is 0 Å². The van der Waals surface area contributed by atoms with Crippen LogP contribution in [0.25, 0.3) is 0 Å². The van der Waals surface area contributed by atoms with E-state index in [1.54, 1.807) is 7.11 Å². The summed E-state index contributed by atoms with van der Waals surface area (Å²) in [5, 5.41) is 11.1. The number of para-hydroxylation sites is 1. The van der Waals surface area contributed by atoms with E-state index in [9.17, 15) is 0 Å². The first-order chi connectivity index (χ1) is 10.3. The van der Waals surface area contributed by atoms with Gasteiger partial charge in [-0.25, -0.2) is 4.63 Å². The molecule has 1 aliphatic rings. The third-order valence-electron chi connectivity index (χ3n) is 3.54. The first-order valence-electron chi connectivity index (χ1n) is 7.08. The minimum Gasteiger partial charge on any atom is -0.493 e. The number of aryl methyl sites for hydroxylation is 1. The van der Waals surface area contributed by atoms with Gasteiger partial charge in [0.1, 0.15) is 18.0 Å². The van der Waals surface area contributed by atoms with Crippen LogP contribution in [0.2, 0.25) is 0 Å². The predicted molar refractivity (Wildman–Crippen MR) is 76.2 cm³/mol. The van der Waals surface area contributed by atoms with Gasteiger partial charge in [-0.3, -0.25) is 0 Å². The van der Waals surface area contributed by atoms with E-state index in [0.29, 0.717) is 18.3 Å². The van der Waals surface area contributed by atoms with Gasteiger partial charge in [-0.15, -0.1) is 0 Å². The first-order valence-corrected chi connectivity index (χ1v) is 7.08. The SMILES string of the molecule is COc1cccc(CNC2CC2)c1OCc1nonc1C. The van der Waals surface area contributed by atoms with Crippen LogP contribution in [-0.4, -0.2) is 23.5 Å². The number of hydrogen-bond donors (Lipinski definition) is 1. The molecule has 0 saturated heterocycles. The third-order valence-corrected chi connectivity index (χ3v) is 3.54. The van der Waals surface area contributed by atoms with Crippen molar-refractivity contribution in [1.82, 2.24) is 15.6 Å². The summed E-state index contributed by atoms with van der Waals surface area (Å²) in [5.41, 5.74) is 2.51. The van der Waals surface area contributed by atoms with Crippen LogP contribution in [-0.2, 0) is 13.2 Å². The van der Waals surface area contributed by atoms with Crippen LogP contribution in [0.15, 0.2) is 22.8 Å². The highest BCUT2D eigenvalue weighted by Gasteiger charge is 2.21. The molecule has 0 spiro atoms. The maximum absolute atomic E-state index is 5.91. The Labute approximate surface area is 123 Å². The van der Waals surface area contributed by atoms with Crippen molar-refractivity contribution in [3.05, 3.63) is 35.2 Å².